The van der Waals surface area contributed by atoms with Gasteiger partial charge >= 0.3 is 0 Å². The highest BCUT2D eigenvalue weighted by molar-refractivity contribution is 5.13. The molecular weight excluding hydrogens is 300 g/mol. The van der Waals surface area contributed by atoms with Crippen molar-refractivity contribution in [2.24, 2.45) is 0 Å². The van der Waals surface area contributed by atoms with E-state index in [2.05, 4.69) is 25.2 Å². The molecule has 0 aromatic carbocycles. The van der Waals surface area contributed by atoms with Crippen LogP contribution in [0.1, 0.15) is 110 Å². The number of rotatable bonds is 19. The summed E-state index contributed by atoms with van der Waals surface area (Å²) in [6.07, 6.45) is 36.5. The van der Waals surface area contributed by atoms with Crippen molar-refractivity contribution in [3.05, 3.63) is 49.1 Å². The molecule has 0 heteroatoms. The predicted octanol–water partition coefficient (Wildman–Crippen LogP) is 8.91. The Bertz CT molecular complexity index is 332. The summed E-state index contributed by atoms with van der Waals surface area (Å²) in [5.41, 5.74) is 0. The van der Waals surface area contributed by atoms with Crippen LogP contribution in [-0.2, 0) is 0 Å². The molecule has 0 amide bonds. The third kappa shape index (κ3) is 23.0. The Kier molecular flexibility index (Phi) is 22.0. The van der Waals surface area contributed by atoms with Gasteiger partial charge in [-0.2, -0.15) is 0 Å². The van der Waals surface area contributed by atoms with Crippen molar-refractivity contribution >= 4 is 0 Å². The van der Waals surface area contributed by atoms with Crippen LogP contribution in [0.15, 0.2) is 42.5 Å². The highest BCUT2D eigenvalue weighted by Gasteiger charge is 1.93. The zero-order valence-electron chi connectivity index (χ0n) is 16.9. The van der Waals surface area contributed by atoms with Gasteiger partial charge in [-0.3, -0.25) is 0 Å². The molecule has 0 atom stereocenters. The molecule has 0 heterocycles. The molecule has 0 fully saturated rings. The Morgan fingerprint density at radius 3 is 1.36 bits per heavy atom. The maximum absolute atomic E-state index is 5.25. The molecule has 0 aromatic rings. The van der Waals surface area contributed by atoms with Crippen LogP contribution in [-0.4, -0.2) is 0 Å². The highest BCUT2D eigenvalue weighted by atomic mass is 14.0. The summed E-state index contributed by atoms with van der Waals surface area (Å²) in [6, 6.07) is 0. The fraction of sp³-hybridized carbons (Fsp3) is 0.680. The summed E-state index contributed by atoms with van der Waals surface area (Å²) in [4.78, 5) is 0. The van der Waals surface area contributed by atoms with Gasteiger partial charge in [0, 0.05) is 0 Å². The summed E-state index contributed by atoms with van der Waals surface area (Å²) in [6.45, 7) is 7.54. The number of unbranched alkanes of at least 4 members (excludes halogenated alkanes) is 15. The first-order valence-electron chi connectivity index (χ1n) is 10.9. The minimum absolute atomic E-state index is 1.20. The Labute approximate surface area is 159 Å². The molecule has 0 spiro atoms. The van der Waals surface area contributed by atoms with E-state index in [4.69, 9.17) is 6.58 Å². The van der Waals surface area contributed by atoms with Gasteiger partial charge in [0.25, 0.3) is 0 Å². The summed E-state index contributed by atoms with van der Waals surface area (Å²) < 4.78 is 0. The third-order valence-corrected chi connectivity index (χ3v) is 4.67. The molecule has 0 saturated heterocycles. The van der Waals surface area contributed by atoms with Crippen molar-refractivity contribution in [1.82, 2.24) is 0 Å². The molecule has 25 heavy (non-hydrogen) atoms. The second-order valence-corrected chi connectivity index (χ2v) is 7.13. The zero-order valence-corrected chi connectivity index (χ0v) is 16.9. The zero-order chi connectivity index (χ0) is 18.3. The quantitative estimate of drug-likeness (QED) is 0.162. The molecular formula is C25H43. The van der Waals surface area contributed by atoms with Crippen LogP contribution < -0.4 is 0 Å². The lowest BCUT2D eigenvalue weighted by molar-refractivity contribution is 0.533. The molecule has 0 saturated carbocycles. The van der Waals surface area contributed by atoms with Gasteiger partial charge in [0.2, 0.25) is 0 Å². The van der Waals surface area contributed by atoms with E-state index in [1.54, 1.807) is 6.08 Å². The number of hydrogen-bond acceptors (Lipinski definition) is 0. The highest BCUT2D eigenvalue weighted by Crippen LogP contribution is 2.13. The molecule has 0 unspecified atom stereocenters. The third-order valence-electron chi connectivity index (χ3n) is 4.67. The van der Waals surface area contributed by atoms with Crippen LogP contribution in [0.3, 0.4) is 0 Å². The molecule has 0 aliphatic heterocycles. The van der Waals surface area contributed by atoms with E-state index in [1.165, 1.54) is 103 Å². The summed E-state index contributed by atoms with van der Waals surface area (Å²) in [7, 11) is 0. The van der Waals surface area contributed by atoms with Crippen molar-refractivity contribution in [1.29, 1.82) is 0 Å². The van der Waals surface area contributed by atoms with Crippen LogP contribution in [0.5, 0.6) is 0 Å². The smallest absolute Gasteiger partial charge is 0.0348 e. The van der Waals surface area contributed by atoms with Crippen LogP contribution in [0.4, 0.5) is 0 Å². The maximum Gasteiger partial charge on any atom is -0.0348 e. The predicted molar refractivity (Wildman–Crippen MR) is 116 cm³/mol. The molecule has 0 aliphatic rings. The Morgan fingerprint density at radius 2 is 0.880 bits per heavy atom. The van der Waals surface area contributed by atoms with E-state index < -0.39 is 0 Å². The average Bonchev–Trinajstić information content (AvgIpc) is 2.63. The monoisotopic (exact) mass is 343 g/mol. The fourth-order valence-electron chi connectivity index (χ4n) is 3.06. The van der Waals surface area contributed by atoms with Crippen molar-refractivity contribution in [3.63, 3.8) is 0 Å². The van der Waals surface area contributed by atoms with Crippen molar-refractivity contribution in [3.8, 4) is 0 Å². The van der Waals surface area contributed by atoms with E-state index in [0.717, 1.165) is 0 Å². The van der Waals surface area contributed by atoms with E-state index >= 15 is 0 Å². The van der Waals surface area contributed by atoms with E-state index in [-0.39, 0.29) is 0 Å². The topological polar surface area (TPSA) is 0 Å². The van der Waals surface area contributed by atoms with Crippen molar-refractivity contribution in [2.45, 2.75) is 110 Å². The molecule has 143 valence electrons. The summed E-state index contributed by atoms with van der Waals surface area (Å²) in [5, 5.41) is 0. The lowest BCUT2D eigenvalue weighted by Gasteiger charge is -2.03. The van der Waals surface area contributed by atoms with Crippen molar-refractivity contribution in [2.75, 3.05) is 0 Å². The van der Waals surface area contributed by atoms with E-state index in [0.29, 0.717) is 0 Å². The first-order valence-corrected chi connectivity index (χ1v) is 10.9. The van der Waals surface area contributed by atoms with Gasteiger partial charge in [0.15, 0.2) is 0 Å². The van der Waals surface area contributed by atoms with Crippen LogP contribution in [0.25, 0.3) is 0 Å². The molecule has 0 rings (SSSR count). The maximum atomic E-state index is 5.25. The van der Waals surface area contributed by atoms with E-state index in [1.807, 2.05) is 18.2 Å². The largest absolute Gasteiger partial charge is 0.0845 e. The molecule has 1 radical (unpaired) electrons. The lowest BCUT2D eigenvalue weighted by Crippen LogP contribution is -1.83. The minimum Gasteiger partial charge on any atom is -0.0845 e. The van der Waals surface area contributed by atoms with Gasteiger partial charge in [0.05, 0.1) is 0 Å². The number of hydrogen-bond donors (Lipinski definition) is 0. The Balaban J connectivity index is 3.11. The first kappa shape index (κ1) is 24.0. The summed E-state index contributed by atoms with van der Waals surface area (Å²) >= 11 is 0. The number of allylic oxidation sites excluding steroid dienone is 7. The Hall–Kier alpha value is -1.04. The van der Waals surface area contributed by atoms with Gasteiger partial charge in [-0.1, -0.05) is 146 Å². The minimum atomic E-state index is 1.20. The van der Waals surface area contributed by atoms with Gasteiger partial charge in [-0.25, -0.2) is 0 Å². The van der Waals surface area contributed by atoms with Crippen LogP contribution in [0, 0.1) is 6.58 Å². The molecule has 0 N–H and O–H groups in total. The fourth-order valence-corrected chi connectivity index (χ4v) is 3.06. The molecule has 0 aliphatic carbocycles. The standard InChI is InChI=1S/C25H43/c1-3-5-7-9-11-13-15-17-19-21-23-25-24-22-20-18-16-14-12-10-8-6-4-2/h1,3,5,7,9,11,13,15H,4,6,8,10,12,14,16-25H2,2H3. The van der Waals surface area contributed by atoms with Gasteiger partial charge in [-0.15, -0.1) is 0 Å². The van der Waals surface area contributed by atoms with E-state index in [9.17, 15) is 0 Å². The SMILES string of the molecule is [CH]=CC=CC=CC=CCCCCCCCCCCCCCCCCC. The Morgan fingerprint density at radius 1 is 0.480 bits per heavy atom. The molecule has 0 aromatic heterocycles. The lowest BCUT2D eigenvalue weighted by atomic mass is 10.0. The van der Waals surface area contributed by atoms with Gasteiger partial charge in [-0.05, 0) is 12.8 Å². The molecule has 0 bridgehead atoms. The normalized spacial score (nSPS) is 12.0. The van der Waals surface area contributed by atoms with Gasteiger partial charge in [0.1, 0.15) is 0 Å². The second kappa shape index (κ2) is 23.0. The van der Waals surface area contributed by atoms with Gasteiger partial charge < -0.3 is 0 Å². The first-order chi connectivity index (χ1) is 12.4. The molecule has 0 nitrogen and oxygen atoms in total. The average molecular weight is 344 g/mol. The van der Waals surface area contributed by atoms with Crippen molar-refractivity contribution < 1.29 is 0 Å². The summed E-state index contributed by atoms with van der Waals surface area (Å²) in [5.74, 6) is 0. The second-order valence-electron chi connectivity index (χ2n) is 7.13. The van der Waals surface area contributed by atoms with Crippen LogP contribution >= 0.6 is 0 Å². The van der Waals surface area contributed by atoms with Crippen LogP contribution in [0.2, 0.25) is 0 Å².